The van der Waals surface area contributed by atoms with E-state index in [1.807, 2.05) is 13.0 Å². The first-order valence-electron chi connectivity index (χ1n) is 7.25. The SMILES string of the molecule is Cc1cc(N2CCCCC2c2[nH]ncc2S(C)(=O)=O)ncn1. The number of H-pyrrole nitrogens is 1. The summed E-state index contributed by atoms with van der Waals surface area (Å²) in [6, 6.07) is 1.87. The summed E-state index contributed by atoms with van der Waals surface area (Å²) in [5, 5.41) is 6.83. The molecule has 1 unspecified atom stereocenters. The third-order valence-corrected chi connectivity index (χ3v) is 5.08. The van der Waals surface area contributed by atoms with Gasteiger partial charge in [0.25, 0.3) is 0 Å². The van der Waals surface area contributed by atoms with Crippen molar-refractivity contribution in [2.45, 2.75) is 37.1 Å². The van der Waals surface area contributed by atoms with Gasteiger partial charge in [0.05, 0.1) is 17.9 Å². The standard InChI is InChI=1S/C14H19N5O2S/c1-10-7-13(16-9-15-10)19-6-4-3-5-11(19)14-12(8-17-18-14)22(2,20)21/h7-9,11H,3-6H2,1-2H3,(H,17,18). The minimum absolute atomic E-state index is 0.0599. The van der Waals surface area contributed by atoms with E-state index < -0.39 is 9.84 Å². The minimum atomic E-state index is -3.31. The zero-order valence-electron chi connectivity index (χ0n) is 12.7. The molecule has 0 aromatic carbocycles. The van der Waals surface area contributed by atoms with Crippen LogP contribution in [0.5, 0.6) is 0 Å². The lowest BCUT2D eigenvalue weighted by Gasteiger charge is -2.36. The maximum Gasteiger partial charge on any atom is 0.178 e. The number of hydrogen-bond donors (Lipinski definition) is 1. The first-order valence-corrected chi connectivity index (χ1v) is 9.14. The Morgan fingerprint density at radius 3 is 2.86 bits per heavy atom. The number of rotatable bonds is 3. The van der Waals surface area contributed by atoms with Crippen molar-refractivity contribution in [3.05, 3.63) is 30.0 Å². The lowest BCUT2D eigenvalue weighted by atomic mass is 9.99. The van der Waals surface area contributed by atoms with Gasteiger partial charge in [-0.1, -0.05) is 0 Å². The molecule has 2 aromatic rings. The van der Waals surface area contributed by atoms with Crippen LogP contribution in [0, 0.1) is 6.92 Å². The molecule has 3 rings (SSSR count). The molecule has 1 aliphatic rings. The summed E-state index contributed by atoms with van der Waals surface area (Å²) in [5.41, 5.74) is 1.54. The topological polar surface area (TPSA) is 91.8 Å². The summed E-state index contributed by atoms with van der Waals surface area (Å²) in [6.07, 6.45) is 7.12. The van der Waals surface area contributed by atoms with E-state index in [1.165, 1.54) is 12.5 Å². The molecule has 1 aliphatic heterocycles. The van der Waals surface area contributed by atoms with Crippen LogP contribution in [0.25, 0.3) is 0 Å². The van der Waals surface area contributed by atoms with E-state index in [2.05, 4.69) is 25.1 Å². The molecular weight excluding hydrogens is 302 g/mol. The van der Waals surface area contributed by atoms with Gasteiger partial charge in [0.15, 0.2) is 9.84 Å². The average molecular weight is 321 g/mol. The van der Waals surface area contributed by atoms with Crippen LogP contribution in [0.15, 0.2) is 23.5 Å². The van der Waals surface area contributed by atoms with Crippen molar-refractivity contribution in [1.29, 1.82) is 0 Å². The number of anilines is 1. The molecule has 8 heteroatoms. The Bertz CT molecular complexity index is 771. The van der Waals surface area contributed by atoms with Gasteiger partial charge in [-0.15, -0.1) is 0 Å². The number of aromatic amines is 1. The van der Waals surface area contributed by atoms with Gasteiger partial charge in [-0.25, -0.2) is 18.4 Å². The highest BCUT2D eigenvalue weighted by atomic mass is 32.2. The summed E-state index contributed by atoms with van der Waals surface area (Å²) in [6.45, 7) is 2.76. The first kappa shape index (κ1) is 15.0. The van der Waals surface area contributed by atoms with Crippen molar-refractivity contribution in [2.75, 3.05) is 17.7 Å². The van der Waals surface area contributed by atoms with Crippen molar-refractivity contribution in [2.24, 2.45) is 0 Å². The maximum atomic E-state index is 12.0. The van der Waals surface area contributed by atoms with Crippen molar-refractivity contribution >= 4 is 15.7 Å². The summed E-state index contributed by atoms with van der Waals surface area (Å²) in [7, 11) is -3.31. The Morgan fingerprint density at radius 1 is 1.32 bits per heavy atom. The third kappa shape index (κ3) is 2.83. The summed E-state index contributed by atoms with van der Waals surface area (Å²) >= 11 is 0. The van der Waals surface area contributed by atoms with Crippen LogP contribution in [0.1, 0.15) is 36.7 Å². The van der Waals surface area contributed by atoms with Gasteiger partial charge in [0.2, 0.25) is 0 Å². The van der Waals surface area contributed by atoms with Crippen LogP contribution in [-0.2, 0) is 9.84 Å². The van der Waals surface area contributed by atoms with Gasteiger partial charge < -0.3 is 4.90 Å². The molecule has 1 fully saturated rings. The fourth-order valence-corrected chi connectivity index (χ4v) is 3.75. The van der Waals surface area contributed by atoms with Gasteiger partial charge in [-0.3, -0.25) is 5.10 Å². The van der Waals surface area contributed by atoms with Crippen LogP contribution in [0.4, 0.5) is 5.82 Å². The highest BCUT2D eigenvalue weighted by Gasteiger charge is 2.30. The lowest BCUT2D eigenvalue weighted by Crippen LogP contribution is -2.35. The second kappa shape index (κ2) is 5.68. The Kier molecular flexibility index (Phi) is 3.86. The van der Waals surface area contributed by atoms with Gasteiger partial charge >= 0.3 is 0 Å². The molecule has 1 N–H and O–H groups in total. The number of hydrogen-bond acceptors (Lipinski definition) is 6. The first-order chi connectivity index (χ1) is 10.5. The van der Waals surface area contributed by atoms with E-state index in [4.69, 9.17) is 0 Å². The van der Waals surface area contributed by atoms with Gasteiger partial charge in [-0.05, 0) is 26.2 Å². The van der Waals surface area contributed by atoms with Crippen molar-refractivity contribution in [3.63, 3.8) is 0 Å². The molecule has 118 valence electrons. The van der Waals surface area contributed by atoms with Crippen molar-refractivity contribution in [1.82, 2.24) is 20.2 Å². The highest BCUT2D eigenvalue weighted by molar-refractivity contribution is 7.90. The molecule has 0 radical (unpaired) electrons. The zero-order valence-corrected chi connectivity index (χ0v) is 13.5. The number of aryl methyl sites for hydroxylation is 1. The fourth-order valence-electron chi connectivity index (χ4n) is 2.92. The van der Waals surface area contributed by atoms with Crippen LogP contribution < -0.4 is 4.90 Å². The number of aromatic nitrogens is 4. The fraction of sp³-hybridized carbons (Fsp3) is 0.500. The molecule has 1 atom stereocenters. The number of piperidine rings is 1. The number of sulfone groups is 1. The molecular formula is C14H19N5O2S. The van der Waals surface area contributed by atoms with E-state index in [0.717, 1.165) is 37.3 Å². The summed E-state index contributed by atoms with van der Waals surface area (Å²) < 4.78 is 23.9. The molecule has 3 heterocycles. The lowest BCUT2D eigenvalue weighted by molar-refractivity contribution is 0.455. The van der Waals surface area contributed by atoms with E-state index in [1.54, 1.807) is 6.33 Å². The average Bonchev–Trinajstić information content (AvgIpc) is 2.97. The largest absolute Gasteiger partial charge is 0.348 e. The van der Waals surface area contributed by atoms with Gasteiger partial charge in [-0.2, -0.15) is 5.10 Å². The Morgan fingerprint density at radius 2 is 2.14 bits per heavy atom. The second-order valence-corrected chi connectivity index (χ2v) is 7.63. The predicted molar refractivity (Wildman–Crippen MR) is 82.4 cm³/mol. The number of nitrogens with zero attached hydrogens (tertiary/aromatic N) is 4. The zero-order chi connectivity index (χ0) is 15.7. The van der Waals surface area contributed by atoms with Crippen LogP contribution >= 0.6 is 0 Å². The maximum absolute atomic E-state index is 12.0. The van der Waals surface area contributed by atoms with Gasteiger partial charge in [0.1, 0.15) is 17.0 Å². The van der Waals surface area contributed by atoms with Crippen LogP contribution in [0.3, 0.4) is 0 Å². The molecule has 0 amide bonds. The van der Waals surface area contributed by atoms with Crippen LogP contribution in [0.2, 0.25) is 0 Å². The highest BCUT2D eigenvalue weighted by Crippen LogP contribution is 2.35. The Balaban J connectivity index is 2.03. The summed E-state index contributed by atoms with van der Waals surface area (Å²) in [5.74, 6) is 0.825. The molecule has 0 spiro atoms. The molecule has 22 heavy (non-hydrogen) atoms. The van der Waals surface area contributed by atoms with E-state index in [9.17, 15) is 8.42 Å². The second-order valence-electron chi connectivity index (χ2n) is 5.64. The normalized spacial score (nSPS) is 19.4. The Hall–Kier alpha value is -1.96. The third-order valence-electron chi connectivity index (χ3n) is 3.95. The quantitative estimate of drug-likeness (QED) is 0.924. The minimum Gasteiger partial charge on any atom is -0.348 e. The molecule has 1 saturated heterocycles. The van der Waals surface area contributed by atoms with Crippen molar-refractivity contribution < 1.29 is 8.42 Å². The van der Waals surface area contributed by atoms with Crippen LogP contribution in [-0.4, -0.2) is 41.4 Å². The van der Waals surface area contributed by atoms with E-state index in [-0.39, 0.29) is 10.9 Å². The molecule has 0 aliphatic carbocycles. The Labute approximate surface area is 129 Å². The molecule has 0 saturated carbocycles. The summed E-state index contributed by atoms with van der Waals surface area (Å²) in [4.78, 5) is 10.9. The molecule has 2 aromatic heterocycles. The molecule has 0 bridgehead atoms. The van der Waals surface area contributed by atoms with E-state index >= 15 is 0 Å². The molecule has 7 nitrogen and oxygen atoms in total. The van der Waals surface area contributed by atoms with E-state index in [0.29, 0.717) is 5.69 Å². The number of nitrogens with one attached hydrogen (secondary N) is 1. The monoisotopic (exact) mass is 321 g/mol. The van der Waals surface area contributed by atoms with Crippen molar-refractivity contribution in [3.8, 4) is 0 Å². The predicted octanol–water partition coefficient (Wildman–Crippen LogP) is 1.64. The van der Waals surface area contributed by atoms with Gasteiger partial charge in [0, 0.05) is 24.6 Å². The smallest absolute Gasteiger partial charge is 0.178 e.